The number of carbonyl (C=O) groups excluding carboxylic acids is 2. The highest BCUT2D eigenvalue weighted by Gasteiger charge is 2.29. The van der Waals surface area contributed by atoms with Crippen LogP contribution >= 0.6 is 0 Å². The van der Waals surface area contributed by atoms with E-state index in [-0.39, 0.29) is 17.9 Å². The summed E-state index contributed by atoms with van der Waals surface area (Å²) >= 11 is 0. The van der Waals surface area contributed by atoms with Gasteiger partial charge in [-0.15, -0.1) is 0 Å². The Balaban J connectivity index is 1.89. The largest absolute Gasteiger partial charge is 0.339 e. The summed E-state index contributed by atoms with van der Waals surface area (Å²) in [5.41, 5.74) is 3.92. The number of hydrogen-bond acceptors (Lipinski definition) is 3. The molecule has 20 heavy (non-hydrogen) atoms. The van der Waals surface area contributed by atoms with Crippen LogP contribution < -0.4 is 16.1 Å². The molecule has 6 heteroatoms. The van der Waals surface area contributed by atoms with Crippen molar-refractivity contribution in [1.82, 2.24) is 10.8 Å². The van der Waals surface area contributed by atoms with Crippen molar-refractivity contribution in [3.05, 3.63) is 29.8 Å². The molecular formula is C14H19N3O3. The SMILES string of the molecule is CONC(=O)N[C@H](C)c1ccc(NC(=O)C2CC2)cc1. The first-order chi connectivity index (χ1) is 9.60. The second-order valence-corrected chi connectivity index (χ2v) is 4.89. The number of benzene rings is 1. The zero-order chi connectivity index (χ0) is 14.5. The summed E-state index contributed by atoms with van der Waals surface area (Å²) in [5, 5.41) is 5.60. The minimum absolute atomic E-state index is 0.0865. The van der Waals surface area contributed by atoms with Gasteiger partial charge in [0.05, 0.1) is 13.2 Å². The maximum atomic E-state index is 11.6. The van der Waals surface area contributed by atoms with Gasteiger partial charge in [0.15, 0.2) is 0 Å². The molecule has 0 heterocycles. The fourth-order valence-corrected chi connectivity index (χ4v) is 1.85. The third-order valence-electron chi connectivity index (χ3n) is 3.17. The van der Waals surface area contributed by atoms with Crippen molar-refractivity contribution in [2.75, 3.05) is 12.4 Å². The Kier molecular flexibility index (Phi) is 4.57. The number of urea groups is 1. The Morgan fingerprint density at radius 2 is 1.90 bits per heavy atom. The van der Waals surface area contributed by atoms with Crippen LogP contribution in [0.4, 0.5) is 10.5 Å². The molecule has 3 amide bonds. The molecule has 0 bridgehead atoms. The van der Waals surface area contributed by atoms with Crippen LogP contribution in [0.1, 0.15) is 31.4 Å². The maximum Gasteiger partial charge on any atom is 0.339 e. The molecule has 108 valence electrons. The fraction of sp³-hybridized carbons (Fsp3) is 0.429. The predicted octanol–water partition coefficient (Wildman–Crippen LogP) is 1.96. The number of hydrogen-bond donors (Lipinski definition) is 3. The van der Waals surface area contributed by atoms with Gasteiger partial charge in [-0.2, -0.15) is 0 Å². The molecule has 6 nitrogen and oxygen atoms in total. The van der Waals surface area contributed by atoms with E-state index in [2.05, 4.69) is 21.0 Å². The number of carbonyl (C=O) groups is 2. The highest BCUT2D eigenvalue weighted by Crippen LogP contribution is 2.30. The molecule has 1 atom stereocenters. The highest BCUT2D eigenvalue weighted by molar-refractivity contribution is 5.94. The molecule has 0 spiro atoms. The average molecular weight is 277 g/mol. The topological polar surface area (TPSA) is 79.5 Å². The van der Waals surface area contributed by atoms with Gasteiger partial charge in [0.2, 0.25) is 5.91 Å². The van der Waals surface area contributed by atoms with E-state index in [0.29, 0.717) is 0 Å². The molecule has 0 aromatic heterocycles. The Bertz CT molecular complexity index is 483. The van der Waals surface area contributed by atoms with Crippen LogP contribution in [0.3, 0.4) is 0 Å². The number of anilines is 1. The smallest absolute Gasteiger partial charge is 0.330 e. The van der Waals surface area contributed by atoms with E-state index >= 15 is 0 Å². The third-order valence-corrected chi connectivity index (χ3v) is 3.17. The number of nitrogens with one attached hydrogen (secondary N) is 3. The van der Waals surface area contributed by atoms with E-state index in [9.17, 15) is 9.59 Å². The molecule has 0 aliphatic heterocycles. The fourth-order valence-electron chi connectivity index (χ4n) is 1.85. The molecule has 0 unspecified atom stereocenters. The first kappa shape index (κ1) is 14.3. The third kappa shape index (κ3) is 3.96. The summed E-state index contributed by atoms with van der Waals surface area (Å²) in [7, 11) is 1.38. The van der Waals surface area contributed by atoms with Gasteiger partial charge < -0.3 is 10.6 Å². The normalized spacial score (nSPS) is 15.3. The van der Waals surface area contributed by atoms with Crippen LogP contribution in [-0.4, -0.2) is 19.0 Å². The maximum absolute atomic E-state index is 11.6. The first-order valence-electron chi connectivity index (χ1n) is 6.60. The Hall–Kier alpha value is -2.08. The van der Waals surface area contributed by atoms with Gasteiger partial charge >= 0.3 is 6.03 Å². The van der Waals surface area contributed by atoms with E-state index in [0.717, 1.165) is 24.1 Å². The van der Waals surface area contributed by atoms with E-state index in [1.54, 1.807) is 0 Å². The standard InChI is InChI=1S/C14H19N3O3/c1-9(15-14(19)17-20-2)10-5-7-12(8-6-10)16-13(18)11-3-4-11/h5-9,11H,3-4H2,1-2H3,(H,16,18)(H2,15,17,19)/t9-/m1/s1. The Labute approximate surface area is 117 Å². The van der Waals surface area contributed by atoms with E-state index in [1.807, 2.05) is 31.2 Å². The molecule has 2 rings (SSSR count). The molecular weight excluding hydrogens is 258 g/mol. The molecule has 1 aromatic carbocycles. The molecule has 1 aromatic rings. The minimum Gasteiger partial charge on any atom is -0.330 e. The highest BCUT2D eigenvalue weighted by atomic mass is 16.6. The van der Waals surface area contributed by atoms with Gasteiger partial charge in [-0.3, -0.25) is 9.63 Å². The average Bonchev–Trinajstić information content (AvgIpc) is 3.24. The van der Waals surface area contributed by atoms with E-state index in [4.69, 9.17) is 0 Å². The monoisotopic (exact) mass is 277 g/mol. The van der Waals surface area contributed by atoms with Crippen molar-refractivity contribution < 1.29 is 14.4 Å². The summed E-state index contributed by atoms with van der Waals surface area (Å²) in [5.74, 6) is 0.274. The lowest BCUT2D eigenvalue weighted by Gasteiger charge is -2.15. The molecule has 0 radical (unpaired) electrons. The number of rotatable bonds is 5. The van der Waals surface area contributed by atoms with Crippen molar-refractivity contribution in [1.29, 1.82) is 0 Å². The summed E-state index contributed by atoms with van der Waals surface area (Å²) in [6.45, 7) is 1.87. The van der Waals surface area contributed by atoms with Gasteiger partial charge in [-0.25, -0.2) is 10.3 Å². The quantitative estimate of drug-likeness (QED) is 0.720. The van der Waals surface area contributed by atoms with Crippen molar-refractivity contribution in [2.45, 2.75) is 25.8 Å². The summed E-state index contributed by atoms with van der Waals surface area (Å²) in [6.07, 6.45) is 1.97. The van der Waals surface area contributed by atoms with Crippen molar-refractivity contribution in [2.24, 2.45) is 5.92 Å². The second-order valence-electron chi connectivity index (χ2n) is 4.89. The minimum atomic E-state index is -0.397. The molecule has 1 aliphatic rings. The van der Waals surface area contributed by atoms with Crippen molar-refractivity contribution in [3.63, 3.8) is 0 Å². The van der Waals surface area contributed by atoms with Gasteiger partial charge in [-0.05, 0) is 37.5 Å². The molecule has 0 saturated heterocycles. The van der Waals surface area contributed by atoms with Gasteiger partial charge in [0.25, 0.3) is 0 Å². The molecule has 1 saturated carbocycles. The van der Waals surface area contributed by atoms with Crippen LogP contribution in [0.25, 0.3) is 0 Å². The second kappa shape index (κ2) is 6.38. The number of hydroxylamine groups is 1. The van der Waals surface area contributed by atoms with Crippen molar-refractivity contribution in [3.8, 4) is 0 Å². The number of amides is 3. The molecule has 1 aliphatic carbocycles. The summed E-state index contributed by atoms with van der Waals surface area (Å²) in [6, 6.07) is 6.87. The van der Waals surface area contributed by atoms with Gasteiger partial charge in [-0.1, -0.05) is 12.1 Å². The molecule has 3 N–H and O–H groups in total. The molecule has 1 fully saturated rings. The van der Waals surface area contributed by atoms with Crippen LogP contribution in [0, 0.1) is 5.92 Å². The van der Waals surface area contributed by atoms with Crippen LogP contribution in [-0.2, 0) is 9.63 Å². The van der Waals surface area contributed by atoms with E-state index < -0.39 is 6.03 Å². The summed E-state index contributed by atoms with van der Waals surface area (Å²) < 4.78 is 0. The van der Waals surface area contributed by atoms with Gasteiger partial charge in [0.1, 0.15) is 0 Å². The Morgan fingerprint density at radius 1 is 1.25 bits per heavy atom. The first-order valence-corrected chi connectivity index (χ1v) is 6.60. The van der Waals surface area contributed by atoms with Crippen LogP contribution in [0.15, 0.2) is 24.3 Å². The van der Waals surface area contributed by atoms with Crippen LogP contribution in [0.2, 0.25) is 0 Å². The van der Waals surface area contributed by atoms with Crippen LogP contribution in [0.5, 0.6) is 0 Å². The zero-order valence-corrected chi connectivity index (χ0v) is 11.6. The van der Waals surface area contributed by atoms with Gasteiger partial charge in [0, 0.05) is 11.6 Å². The zero-order valence-electron chi connectivity index (χ0n) is 11.6. The Morgan fingerprint density at radius 3 is 2.45 bits per heavy atom. The lowest BCUT2D eigenvalue weighted by molar-refractivity contribution is -0.117. The van der Waals surface area contributed by atoms with E-state index in [1.165, 1.54) is 7.11 Å². The lowest BCUT2D eigenvalue weighted by atomic mass is 10.1. The predicted molar refractivity (Wildman–Crippen MR) is 74.9 cm³/mol. The van der Waals surface area contributed by atoms with Crippen molar-refractivity contribution >= 4 is 17.6 Å². The summed E-state index contributed by atoms with van der Waals surface area (Å²) in [4.78, 5) is 27.5. The lowest BCUT2D eigenvalue weighted by Crippen LogP contribution is -2.36.